The fraction of sp³-hybridized carbons (Fsp3) is 0.905. The first-order valence-corrected chi connectivity index (χ1v) is 10.4. The van der Waals surface area contributed by atoms with Gasteiger partial charge in [-0.1, -0.05) is 13.3 Å². The summed E-state index contributed by atoms with van der Waals surface area (Å²) in [6.07, 6.45) is 1.84. The quantitative estimate of drug-likeness (QED) is 0.784. The molecule has 4 aliphatic rings. The molecule has 0 bridgehead atoms. The smallest absolute Gasteiger partial charge is 0.407 e. The van der Waals surface area contributed by atoms with Crippen LogP contribution in [0.25, 0.3) is 0 Å². The Hall–Kier alpha value is -1.30. The van der Waals surface area contributed by atoms with E-state index in [2.05, 4.69) is 10.2 Å². The van der Waals surface area contributed by atoms with Gasteiger partial charge in [-0.25, -0.2) is 4.79 Å². The van der Waals surface area contributed by atoms with E-state index in [1.165, 1.54) is 4.90 Å². The van der Waals surface area contributed by atoms with E-state index in [1.54, 1.807) is 0 Å². The van der Waals surface area contributed by atoms with E-state index in [-0.39, 0.29) is 30.3 Å². The van der Waals surface area contributed by atoms with Crippen LogP contribution >= 0.6 is 0 Å². The molecule has 6 nitrogen and oxygen atoms in total. The van der Waals surface area contributed by atoms with Gasteiger partial charge in [0.2, 0.25) is 5.91 Å². The zero-order valence-corrected chi connectivity index (χ0v) is 16.2. The van der Waals surface area contributed by atoms with Gasteiger partial charge in [-0.05, 0) is 76.2 Å². The van der Waals surface area contributed by atoms with Gasteiger partial charge in [0.15, 0.2) is 0 Å². The first-order valence-electron chi connectivity index (χ1n) is 12.9. The van der Waals surface area contributed by atoms with Crippen LogP contribution < -0.4 is 5.32 Å². The van der Waals surface area contributed by atoms with E-state index in [0.29, 0.717) is 51.7 Å². The lowest BCUT2D eigenvalue weighted by Crippen LogP contribution is -2.62. The summed E-state index contributed by atoms with van der Waals surface area (Å²) in [6.45, 7) is 1.67. The zero-order chi connectivity index (χ0) is 23.5. The summed E-state index contributed by atoms with van der Waals surface area (Å²) < 4.78 is 41.2. The van der Waals surface area contributed by atoms with Gasteiger partial charge in [-0.2, -0.15) is 0 Å². The Balaban J connectivity index is 1.38. The molecule has 27 heavy (non-hydrogen) atoms. The molecule has 0 aromatic heterocycles. The third-order valence-electron chi connectivity index (χ3n) is 7.40. The van der Waals surface area contributed by atoms with E-state index in [9.17, 15) is 14.7 Å². The Morgan fingerprint density at radius 2 is 2.00 bits per heavy atom. The number of nitrogens with one attached hydrogen (secondary N) is 1. The Labute approximate surface area is 169 Å². The third kappa shape index (κ3) is 3.34. The van der Waals surface area contributed by atoms with E-state index >= 15 is 0 Å². The molecule has 2 aliphatic heterocycles. The summed E-state index contributed by atoms with van der Waals surface area (Å²) in [5.74, 6) is -0.352. The molecule has 6 heteroatoms. The third-order valence-corrected chi connectivity index (χ3v) is 7.40. The molecule has 4 fully saturated rings. The lowest BCUT2D eigenvalue weighted by molar-refractivity contribution is -0.131. The van der Waals surface area contributed by atoms with Crippen LogP contribution in [0, 0.1) is 17.3 Å². The van der Waals surface area contributed by atoms with Crippen LogP contribution in [0.15, 0.2) is 0 Å². The van der Waals surface area contributed by atoms with Crippen LogP contribution in [0.4, 0.5) is 4.79 Å². The molecule has 2 N–H and O–H groups in total. The molecule has 2 amide bonds. The number of amides is 2. The Morgan fingerprint density at radius 1 is 1.26 bits per heavy atom. The van der Waals surface area contributed by atoms with Gasteiger partial charge >= 0.3 is 6.09 Å². The minimum absolute atomic E-state index is 0.0843. The summed E-state index contributed by atoms with van der Waals surface area (Å²) in [6, 6.07) is -0.273. The van der Waals surface area contributed by atoms with Gasteiger partial charge in [-0.3, -0.25) is 4.79 Å². The van der Waals surface area contributed by atoms with E-state index in [4.69, 9.17) is 6.85 Å². The Morgan fingerprint density at radius 3 is 2.52 bits per heavy atom. The highest BCUT2D eigenvalue weighted by atomic mass is 16.4. The van der Waals surface area contributed by atoms with Gasteiger partial charge < -0.3 is 20.2 Å². The summed E-state index contributed by atoms with van der Waals surface area (Å²) >= 11 is 0. The largest absolute Gasteiger partial charge is 0.465 e. The predicted octanol–water partition coefficient (Wildman–Crippen LogP) is 2.93. The number of carbonyl (C=O) groups is 2. The number of hydrogen-bond donors (Lipinski definition) is 2. The maximum absolute atomic E-state index is 12.9. The molecule has 4 rings (SSSR count). The molecule has 0 aromatic rings. The van der Waals surface area contributed by atoms with Crippen LogP contribution in [-0.4, -0.2) is 64.7 Å². The van der Waals surface area contributed by atoms with Crippen molar-refractivity contribution in [2.24, 2.45) is 17.3 Å². The number of carbonyl (C=O) groups excluding carboxylic acids is 1. The van der Waals surface area contributed by atoms with Crippen molar-refractivity contribution in [3.63, 3.8) is 0 Å². The van der Waals surface area contributed by atoms with Gasteiger partial charge in [-0.15, -0.1) is 0 Å². The molecule has 2 saturated carbocycles. The summed E-state index contributed by atoms with van der Waals surface area (Å²) in [5, 5.41) is 12.2. The van der Waals surface area contributed by atoms with Crippen molar-refractivity contribution in [3.8, 4) is 0 Å². The fourth-order valence-corrected chi connectivity index (χ4v) is 5.52. The van der Waals surface area contributed by atoms with Gasteiger partial charge in [0.25, 0.3) is 0 Å². The highest BCUT2D eigenvalue weighted by Crippen LogP contribution is 2.56. The van der Waals surface area contributed by atoms with Crippen molar-refractivity contribution in [2.45, 2.75) is 76.7 Å². The van der Waals surface area contributed by atoms with Gasteiger partial charge in [0.1, 0.15) is 0 Å². The van der Waals surface area contributed by atoms with Crippen LogP contribution in [0.3, 0.4) is 0 Å². The van der Waals surface area contributed by atoms with E-state index in [1.807, 2.05) is 6.92 Å². The topological polar surface area (TPSA) is 72.9 Å². The monoisotopic (exact) mass is 382 g/mol. The molecule has 152 valence electrons. The number of rotatable bonds is 4. The van der Waals surface area contributed by atoms with Crippen LogP contribution in [0.5, 0.6) is 0 Å². The van der Waals surface area contributed by atoms with Crippen LogP contribution in [0.2, 0.25) is 0 Å². The van der Waals surface area contributed by atoms with Crippen LogP contribution in [-0.2, 0) is 4.79 Å². The highest BCUT2D eigenvalue weighted by molar-refractivity contribution is 5.79. The van der Waals surface area contributed by atoms with Crippen molar-refractivity contribution in [1.82, 2.24) is 15.1 Å². The second-order valence-electron chi connectivity index (χ2n) is 8.95. The standard InChI is InChI=1S/C21H35N3O3/c1-3-16-17(13-21(16)9-12-24(14-21)19(26)27)23-10-5-15(6-11-23)18(25)22-20(2)7-4-8-20/h15-17H,3-14H2,1-2H3,(H,22,25)(H,26,27)/i2D3,13D2. The number of likely N-dealkylation sites (tertiary alicyclic amines) is 2. The van der Waals surface area contributed by atoms with Crippen molar-refractivity contribution >= 4 is 12.0 Å². The first kappa shape index (κ1) is 13.8. The minimum atomic E-state index is -2.20. The molecule has 2 heterocycles. The fourth-order valence-electron chi connectivity index (χ4n) is 5.52. The zero-order valence-electron chi connectivity index (χ0n) is 21.2. The molecule has 1 spiro atoms. The Bertz CT molecular complexity index is 764. The predicted molar refractivity (Wildman–Crippen MR) is 104 cm³/mol. The molecule has 3 unspecified atom stereocenters. The maximum Gasteiger partial charge on any atom is 0.407 e. The normalized spacial score (nSPS) is 41.4. The number of hydrogen-bond acceptors (Lipinski definition) is 3. The number of nitrogens with zero attached hydrogens (tertiary/aromatic N) is 2. The Kier molecular flexibility index (Phi) is 3.55. The van der Waals surface area contributed by atoms with E-state index in [0.717, 1.165) is 12.8 Å². The SMILES string of the molecule is [2H]C([2H])([2H])C1(NC(=O)C2CCN(C3C(CC)C4(CCN(C(=O)O)C4)C3([2H])[2H])CC2)CCC1. The minimum Gasteiger partial charge on any atom is -0.465 e. The maximum atomic E-state index is 12.9. The number of piperidine rings is 1. The van der Waals surface area contributed by atoms with Gasteiger partial charge in [0, 0.05) is 37.4 Å². The van der Waals surface area contributed by atoms with Crippen molar-refractivity contribution < 1.29 is 21.5 Å². The molecule has 3 atom stereocenters. The number of carboxylic acid groups (broad SMARTS) is 1. The molecule has 0 radical (unpaired) electrons. The summed E-state index contributed by atoms with van der Waals surface area (Å²) in [4.78, 5) is 27.8. The average molecular weight is 383 g/mol. The molecule has 2 aliphatic carbocycles. The lowest BCUT2D eigenvalue weighted by Gasteiger charge is -2.58. The molecular weight excluding hydrogens is 342 g/mol. The second-order valence-corrected chi connectivity index (χ2v) is 8.95. The lowest BCUT2D eigenvalue weighted by atomic mass is 9.54. The van der Waals surface area contributed by atoms with Crippen molar-refractivity contribution in [3.05, 3.63) is 0 Å². The van der Waals surface area contributed by atoms with E-state index < -0.39 is 30.3 Å². The van der Waals surface area contributed by atoms with Gasteiger partial charge in [0.05, 0.1) is 0 Å². The van der Waals surface area contributed by atoms with Crippen LogP contribution in [0.1, 0.15) is 71.9 Å². The highest BCUT2D eigenvalue weighted by Gasteiger charge is 2.58. The summed E-state index contributed by atoms with van der Waals surface area (Å²) in [7, 11) is 0. The van der Waals surface area contributed by atoms with Crippen molar-refractivity contribution in [1.29, 1.82) is 0 Å². The first-order chi connectivity index (χ1) is 14.9. The molecular formula is C21H35N3O3. The van der Waals surface area contributed by atoms with Crippen molar-refractivity contribution in [2.75, 3.05) is 26.2 Å². The molecule has 0 aromatic carbocycles. The average Bonchev–Trinajstić information content (AvgIpc) is 3.16. The second kappa shape index (κ2) is 6.94. The summed E-state index contributed by atoms with van der Waals surface area (Å²) in [5.41, 5.74) is -1.71. The molecule has 2 saturated heterocycles.